The Labute approximate surface area is 95.3 Å². The first-order chi connectivity index (χ1) is 7.25. The molecule has 0 atom stereocenters. The summed E-state index contributed by atoms with van der Waals surface area (Å²) < 4.78 is 0.554. The molecule has 1 aliphatic rings. The maximum Gasteiger partial charge on any atom is 0.197 e. The third-order valence-electron chi connectivity index (χ3n) is 2.67. The Morgan fingerprint density at radius 3 is 2.80 bits per heavy atom. The number of halogens is 1. The van der Waals surface area contributed by atoms with Crippen LogP contribution >= 0.6 is 15.9 Å². The van der Waals surface area contributed by atoms with E-state index in [-0.39, 0.29) is 5.75 Å². The molecule has 0 bridgehead atoms. The number of rotatable bonds is 1. The van der Waals surface area contributed by atoms with E-state index < -0.39 is 0 Å². The van der Waals surface area contributed by atoms with E-state index in [1.54, 1.807) is 6.07 Å². The van der Waals surface area contributed by atoms with Gasteiger partial charge in [-0.2, -0.15) is 0 Å². The lowest BCUT2D eigenvalue weighted by Crippen LogP contribution is -1.93. The molecule has 0 unspecified atom stereocenters. The van der Waals surface area contributed by atoms with Crippen LogP contribution in [0.5, 0.6) is 5.75 Å². The van der Waals surface area contributed by atoms with Crippen molar-refractivity contribution in [2.24, 2.45) is 0 Å². The van der Waals surface area contributed by atoms with Crippen LogP contribution in [0.4, 0.5) is 0 Å². The van der Waals surface area contributed by atoms with Crippen LogP contribution in [0.15, 0.2) is 22.9 Å². The molecule has 0 radical (unpaired) electrons. The number of fused-ring (bicyclic) bond motifs is 1. The molecule has 0 saturated heterocycles. The van der Waals surface area contributed by atoms with Gasteiger partial charge in [-0.1, -0.05) is 12.1 Å². The highest BCUT2D eigenvalue weighted by Crippen LogP contribution is 2.43. The van der Waals surface area contributed by atoms with Crippen LogP contribution in [0, 0.1) is 0 Å². The van der Waals surface area contributed by atoms with Crippen molar-refractivity contribution in [2.75, 3.05) is 0 Å². The predicted octanol–water partition coefficient (Wildman–Crippen LogP) is 2.98. The number of aromatic nitrogens is 2. The average Bonchev–Trinajstić information content (AvgIpc) is 3.02. The predicted molar refractivity (Wildman–Crippen MR) is 60.9 cm³/mol. The molecule has 0 spiro atoms. The number of para-hydroxylation sites is 1. The molecule has 1 heterocycles. The molecular formula is C11H9BrN2O. The van der Waals surface area contributed by atoms with E-state index in [1.165, 1.54) is 12.8 Å². The highest BCUT2D eigenvalue weighted by molar-refractivity contribution is 9.10. The van der Waals surface area contributed by atoms with E-state index in [0.29, 0.717) is 16.2 Å². The Morgan fingerprint density at radius 2 is 2.07 bits per heavy atom. The first kappa shape index (κ1) is 9.09. The molecule has 1 aliphatic carbocycles. The number of benzene rings is 1. The lowest BCUT2D eigenvalue weighted by atomic mass is 10.1. The second-order valence-corrected chi connectivity index (χ2v) is 4.53. The third kappa shape index (κ3) is 1.49. The Hall–Kier alpha value is -1.16. The first-order valence-corrected chi connectivity index (χ1v) is 5.70. The topological polar surface area (TPSA) is 46.0 Å². The van der Waals surface area contributed by atoms with Crippen molar-refractivity contribution in [3.63, 3.8) is 0 Å². The fraction of sp³-hybridized carbons (Fsp3) is 0.273. The monoisotopic (exact) mass is 264 g/mol. The van der Waals surface area contributed by atoms with Gasteiger partial charge in [-0.25, -0.2) is 9.97 Å². The van der Waals surface area contributed by atoms with Crippen molar-refractivity contribution >= 4 is 26.8 Å². The maximum atomic E-state index is 9.71. The van der Waals surface area contributed by atoms with Crippen LogP contribution in [0.25, 0.3) is 10.9 Å². The number of phenolic OH excluding ortho intramolecular Hbond substituents is 1. The summed E-state index contributed by atoms with van der Waals surface area (Å²) in [4.78, 5) is 8.60. The van der Waals surface area contributed by atoms with Gasteiger partial charge in [0.2, 0.25) is 0 Å². The summed E-state index contributed by atoms with van der Waals surface area (Å²) in [7, 11) is 0. The molecule has 1 N–H and O–H groups in total. The van der Waals surface area contributed by atoms with Gasteiger partial charge in [0, 0.05) is 11.3 Å². The summed E-state index contributed by atoms with van der Waals surface area (Å²) in [6, 6.07) is 5.45. The second kappa shape index (κ2) is 3.17. The van der Waals surface area contributed by atoms with E-state index in [4.69, 9.17) is 0 Å². The summed E-state index contributed by atoms with van der Waals surface area (Å²) in [5.41, 5.74) is 1.70. The fourth-order valence-electron chi connectivity index (χ4n) is 1.80. The molecule has 3 rings (SSSR count). The maximum absolute atomic E-state index is 9.71. The minimum absolute atomic E-state index is 0.220. The smallest absolute Gasteiger partial charge is 0.197 e. The van der Waals surface area contributed by atoms with Gasteiger partial charge in [0.15, 0.2) is 4.73 Å². The normalized spacial score (nSPS) is 15.8. The minimum Gasteiger partial charge on any atom is -0.506 e. The highest BCUT2D eigenvalue weighted by Gasteiger charge is 2.28. The first-order valence-electron chi connectivity index (χ1n) is 4.91. The van der Waals surface area contributed by atoms with E-state index in [2.05, 4.69) is 25.9 Å². The van der Waals surface area contributed by atoms with Crippen LogP contribution < -0.4 is 0 Å². The van der Waals surface area contributed by atoms with Gasteiger partial charge in [0.05, 0.1) is 5.69 Å². The van der Waals surface area contributed by atoms with Crippen molar-refractivity contribution < 1.29 is 5.11 Å². The summed E-state index contributed by atoms with van der Waals surface area (Å²) in [5.74, 6) is 0.770. The molecule has 1 aromatic heterocycles. The lowest BCUT2D eigenvalue weighted by molar-refractivity contribution is 0.480. The fourth-order valence-corrected chi connectivity index (χ4v) is 2.17. The molecule has 4 heteroatoms. The van der Waals surface area contributed by atoms with E-state index in [9.17, 15) is 5.11 Å². The molecule has 0 aliphatic heterocycles. The van der Waals surface area contributed by atoms with E-state index in [0.717, 1.165) is 11.1 Å². The number of hydrogen-bond acceptors (Lipinski definition) is 3. The molecule has 1 saturated carbocycles. The minimum atomic E-state index is 0.220. The van der Waals surface area contributed by atoms with Gasteiger partial charge in [0.25, 0.3) is 0 Å². The SMILES string of the molecule is Oc1cccc2c(C3CC3)nc(Br)nc12. The number of phenols is 1. The Morgan fingerprint density at radius 1 is 1.27 bits per heavy atom. The van der Waals surface area contributed by atoms with Gasteiger partial charge < -0.3 is 5.11 Å². The van der Waals surface area contributed by atoms with Gasteiger partial charge >= 0.3 is 0 Å². The Kier molecular flexibility index (Phi) is 1.92. The number of aromatic hydroxyl groups is 1. The van der Waals surface area contributed by atoms with Crippen molar-refractivity contribution in [3.8, 4) is 5.75 Å². The van der Waals surface area contributed by atoms with Crippen molar-refractivity contribution in [1.29, 1.82) is 0 Å². The Bertz CT molecular complexity index is 537. The van der Waals surface area contributed by atoms with Crippen LogP contribution in [-0.4, -0.2) is 15.1 Å². The molecule has 1 aromatic carbocycles. The molecular weight excluding hydrogens is 256 g/mol. The molecule has 2 aromatic rings. The second-order valence-electron chi connectivity index (χ2n) is 3.83. The molecule has 76 valence electrons. The van der Waals surface area contributed by atoms with Crippen molar-refractivity contribution in [3.05, 3.63) is 28.6 Å². The summed E-state index contributed by atoms with van der Waals surface area (Å²) in [6.45, 7) is 0. The largest absolute Gasteiger partial charge is 0.506 e. The summed E-state index contributed by atoms with van der Waals surface area (Å²) in [5, 5.41) is 10.7. The standard InChI is InChI=1S/C11H9BrN2O/c12-11-13-9(6-4-5-6)7-2-1-3-8(15)10(7)14-11/h1-3,6,15H,4-5H2. The quantitative estimate of drug-likeness (QED) is 0.806. The zero-order valence-corrected chi connectivity index (χ0v) is 9.53. The van der Waals surface area contributed by atoms with Gasteiger partial charge in [0.1, 0.15) is 11.3 Å². The molecule has 15 heavy (non-hydrogen) atoms. The molecule has 3 nitrogen and oxygen atoms in total. The third-order valence-corrected chi connectivity index (χ3v) is 3.03. The highest BCUT2D eigenvalue weighted by atomic mass is 79.9. The summed E-state index contributed by atoms with van der Waals surface area (Å²) >= 11 is 3.28. The van der Waals surface area contributed by atoms with Crippen molar-refractivity contribution in [1.82, 2.24) is 9.97 Å². The van der Waals surface area contributed by atoms with Crippen LogP contribution in [0.3, 0.4) is 0 Å². The van der Waals surface area contributed by atoms with Crippen LogP contribution in [0.1, 0.15) is 24.5 Å². The van der Waals surface area contributed by atoms with E-state index >= 15 is 0 Å². The number of nitrogens with zero attached hydrogens (tertiary/aromatic N) is 2. The average molecular weight is 265 g/mol. The van der Waals surface area contributed by atoms with Gasteiger partial charge in [-0.3, -0.25) is 0 Å². The zero-order valence-electron chi connectivity index (χ0n) is 7.94. The lowest BCUT2D eigenvalue weighted by Gasteiger charge is -2.05. The van der Waals surface area contributed by atoms with E-state index in [1.807, 2.05) is 12.1 Å². The molecule has 0 amide bonds. The summed E-state index contributed by atoms with van der Waals surface area (Å²) in [6.07, 6.45) is 2.38. The van der Waals surface area contributed by atoms with Gasteiger partial charge in [-0.15, -0.1) is 0 Å². The number of hydrogen-bond donors (Lipinski definition) is 1. The zero-order chi connectivity index (χ0) is 10.4. The van der Waals surface area contributed by atoms with Crippen LogP contribution in [0.2, 0.25) is 0 Å². The molecule has 1 fully saturated rings. The van der Waals surface area contributed by atoms with Gasteiger partial charge in [-0.05, 0) is 34.8 Å². The van der Waals surface area contributed by atoms with Crippen molar-refractivity contribution in [2.45, 2.75) is 18.8 Å². The van der Waals surface area contributed by atoms with Crippen LogP contribution in [-0.2, 0) is 0 Å². The Balaban J connectivity index is 2.38.